The molecule has 0 unspecified atom stereocenters. The van der Waals surface area contributed by atoms with E-state index in [4.69, 9.17) is 9.84 Å². The first-order valence-corrected chi connectivity index (χ1v) is 7.91. The lowest BCUT2D eigenvalue weighted by atomic mass is 9.95. The number of fused-ring (bicyclic) bond motifs is 1. The van der Waals surface area contributed by atoms with Crippen LogP contribution in [0.4, 0.5) is 0 Å². The van der Waals surface area contributed by atoms with Crippen molar-refractivity contribution in [1.29, 1.82) is 0 Å². The molecule has 5 nitrogen and oxygen atoms in total. The lowest BCUT2D eigenvalue weighted by Crippen LogP contribution is -2.39. The molecule has 0 bridgehead atoms. The number of carbonyl (C=O) groups excluding carboxylic acids is 1. The second-order valence-corrected chi connectivity index (χ2v) is 5.89. The van der Waals surface area contributed by atoms with Crippen LogP contribution in [0.3, 0.4) is 0 Å². The molecule has 0 radical (unpaired) electrons. The third-order valence-electron chi connectivity index (χ3n) is 4.15. The average Bonchev–Trinajstić information content (AvgIpc) is 2.61. The number of aliphatic carboxylic acids is 1. The van der Waals surface area contributed by atoms with E-state index in [0.717, 1.165) is 16.9 Å². The monoisotopic (exact) mass is 325 g/mol. The van der Waals surface area contributed by atoms with Gasteiger partial charge in [0.15, 0.2) is 0 Å². The highest BCUT2D eigenvalue weighted by Crippen LogP contribution is 2.27. The number of rotatable bonds is 5. The van der Waals surface area contributed by atoms with Gasteiger partial charge in [0.05, 0.1) is 18.4 Å². The maximum absolute atomic E-state index is 12.6. The number of ether oxygens (including phenoxy) is 1. The molecule has 0 aromatic heterocycles. The smallest absolute Gasteiger partial charge is 0.305 e. The first-order chi connectivity index (χ1) is 11.6. The molecular weight excluding hydrogens is 306 g/mol. The van der Waals surface area contributed by atoms with E-state index in [-0.39, 0.29) is 18.2 Å². The van der Waals surface area contributed by atoms with Crippen molar-refractivity contribution in [3.05, 3.63) is 65.7 Å². The number of para-hydroxylation sites is 1. The molecule has 1 aliphatic rings. The highest BCUT2D eigenvalue weighted by Gasteiger charge is 2.28. The van der Waals surface area contributed by atoms with Crippen molar-refractivity contribution >= 4 is 11.9 Å². The molecule has 2 atom stereocenters. The quantitative estimate of drug-likeness (QED) is 0.886. The van der Waals surface area contributed by atoms with Crippen molar-refractivity contribution in [2.24, 2.45) is 5.92 Å². The molecule has 1 amide bonds. The Morgan fingerprint density at radius 3 is 2.58 bits per heavy atom. The molecule has 0 saturated heterocycles. The predicted molar refractivity (Wildman–Crippen MR) is 88.7 cm³/mol. The Labute approximate surface area is 140 Å². The van der Waals surface area contributed by atoms with Gasteiger partial charge in [-0.2, -0.15) is 0 Å². The zero-order valence-electron chi connectivity index (χ0n) is 13.1. The number of benzene rings is 2. The van der Waals surface area contributed by atoms with Gasteiger partial charge in [0, 0.05) is 0 Å². The van der Waals surface area contributed by atoms with Crippen molar-refractivity contribution in [3.63, 3.8) is 0 Å². The molecule has 1 aliphatic heterocycles. The minimum absolute atomic E-state index is 0.153. The molecule has 1 heterocycles. The standard InChI is InChI=1S/C19H19NO4/c21-18(22)11-16(13-6-2-1-3-7-13)20-19(23)15-10-14-8-4-5-9-17(14)24-12-15/h1-9,15-16H,10-12H2,(H,20,23)(H,21,22)/t15-,16+/m0/s1. The third kappa shape index (κ3) is 3.74. The summed E-state index contributed by atoms with van der Waals surface area (Å²) in [4.78, 5) is 23.7. The van der Waals surface area contributed by atoms with Crippen molar-refractivity contribution in [3.8, 4) is 5.75 Å². The van der Waals surface area contributed by atoms with Crippen molar-refractivity contribution in [2.45, 2.75) is 18.9 Å². The van der Waals surface area contributed by atoms with Crippen molar-refractivity contribution in [1.82, 2.24) is 5.32 Å². The second-order valence-electron chi connectivity index (χ2n) is 5.89. The van der Waals surface area contributed by atoms with E-state index in [9.17, 15) is 9.59 Å². The van der Waals surface area contributed by atoms with Crippen LogP contribution in [0.5, 0.6) is 5.75 Å². The summed E-state index contributed by atoms with van der Waals surface area (Å²) < 4.78 is 5.65. The molecule has 5 heteroatoms. The lowest BCUT2D eigenvalue weighted by Gasteiger charge is -2.26. The van der Waals surface area contributed by atoms with Gasteiger partial charge in [-0.05, 0) is 23.6 Å². The maximum Gasteiger partial charge on any atom is 0.305 e. The lowest BCUT2D eigenvalue weighted by molar-refractivity contribution is -0.138. The Balaban J connectivity index is 1.71. The van der Waals surface area contributed by atoms with Crippen molar-refractivity contribution < 1.29 is 19.4 Å². The summed E-state index contributed by atoms with van der Waals surface area (Å²) in [5.74, 6) is -0.638. The van der Waals surface area contributed by atoms with Crippen LogP contribution in [0.1, 0.15) is 23.6 Å². The largest absolute Gasteiger partial charge is 0.492 e. The fourth-order valence-corrected chi connectivity index (χ4v) is 2.90. The predicted octanol–water partition coefficient (Wildman–Crippen LogP) is 2.57. The van der Waals surface area contributed by atoms with Crippen LogP contribution in [0.2, 0.25) is 0 Å². The number of hydrogen-bond donors (Lipinski definition) is 2. The summed E-state index contributed by atoms with van der Waals surface area (Å²) in [5, 5.41) is 12.0. The summed E-state index contributed by atoms with van der Waals surface area (Å²) >= 11 is 0. The molecule has 2 aromatic carbocycles. The van der Waals surface area contributed by atoms with Crippen molar-refractivity contribution in [2.75, 3.05) is 6.61 Å². The summed E-state index contributed by atoms with van der Waals surface area (Å²) in [6, 6.07) is 16.3. The Morgan fingerprint density at radius 1 is 1.12 bits per heavy atom. The van der Waals surface area contributed by atoms with Gasteiger partial charge in [0.25, 0.3) is 0 Å². The summed E-state index contributed by atoms with van der Waals surface area (Å²) in [7, 11) is 0. The number of hydrogen-bond acceptors (Lipinski definition) is 3. The fraction of sp³-hybridized carbons (Fsp3) is 0.263. The molecule has 124 valence electrons. The van der Waals surface area contributed by atoms with E-state index in [2.05, 4.69) is 5.32 Å². The highest BCUT2D eigenvalue weighted by molar-refractivity contribution is 5.81. The number of amides is 1. The second kappa shape index (κ2) is 7.17. The number of carboxylic acid groups (broad SMARTS) is 1. The van der Waals surface area contributed by atoms with Gasteiger partial charge in [-0.3, -0.25) is 9.59 Å². The average molecular weight is 325 g/mol. The van der Waals surface area contributed by atoms with Crippen LogP contribution in [0.15, 0.2) is 54.6 Å². The van der Waals surface area contributed by atoms with Crippen LogP contribution < -0.4 is 10.1 Å². The number of carbonyl (C=O) groups is 2. The van der Waals surface area contributed by atoms with E-state index >= 15 is 0 Å². The summed E-state index contributed by atoms with van der Waals surface area (Å²) in [6.45, 7) is 0.303. The van der Waals surface area contributed by atoms with E-state index in [1.807, 2.05) is 54.6 Å². The Hall–Kier alpha value is -2.82. The first kappa shape index (κ1) is 16.1. The molecule has 3 rings (SSSR count). The maximum atomic E-state index is 12.6. The fourth-order valence-electron chi connectivity index (χ4n) is 2.90. The van der Waals surface area contributed by atoms with Crippen LogP contribution in [-0.4, -0.2) is 23.6 Å². The van der Waals surface area contributed by atoms with Crippen LogP contribution in [-0.2, 0) is 16.0 Å². The topological polar surface area (TPSA) is 75.6 Å². The highest BCUT2D eigenvalue weighted by atomic mass is 16.5. The molecule has 0 saturated carbocycles. The normalized spacial score (nSPS) is 17.2. The molecular formula is C19H19NO4. The van der Waals surface area contributed by atoms with Crippen LogP contribution in [0.25, 0.3) is 0 Å². The molecule has 0 aliphatic carbocycles. The molecule has 0 fully saturated rings. The summed E-state index contributed by atoms with van der Waals surface area (Å²) in [5.41, 5.74) is 1.78. The van der Waals surface area contributed by atoms with Gasteiger partial charge in [-0.15, -0.1) is 0 Å². The zero-order valence-corrected chi connectivity index (χ0v) is 13.1. The molecule has 0 spiro atoms. The van der Waals surface area contributed by atoms with E-state index < -0.39 is 12.0 Å². The minimum Gasteiger partial charge on any atom is -0.492 e. The minimum atomic E-state index is -0.950. The Bertz CT molecular complexity index is 729. The van der Waals surface area contributed by atoms with E-state index in [0.29, 0.717) is 13.0 Å². The number of nitrogens with one attached hydrogen (secondary N) is 1. The van der Waals surface area contributed by atoms with E-state index in [1.54, 1.807) is 0 Å². The molecule has 2 N–H and O–H groups in total. The Morgan fingerprint density at radius 2 is 1.83 bits per heavy atom. The van der Waals surface area contributed by atoms with Gasteiger partial charge in [0.2, 0.25) is 5.91 Å². The zero-order chi connectivity index (χ0) is 16.9. The SMILES string of the molecule is O=C(O)C[C@@H](NC(=O)[C@@H]1COc2ccccc2C1)c1ccccc1. The Kier molecular flexibility index (Phi) is 4.79. The van der Waals surface area contributed by atoms with Gasteiger partial charge in [0.1, 0.15) is 12.4 Å². The van der Waals surface area contributed by atoms with Gasteiger partial charge < -0.3 is 15.2 Å². The summed E-state index contributed by atoms with van der Waals surface area (Å²) in [6.07, 6.45) is 0.441. The molecule has 24 heavy (non-hydrogen) atoms. The van der Waals surface area contributed by atoms with Gasteiger partial charge >= 0.3 is 5.97 Å². The first-order valence-electron chi connectivity index (χ1n) is 7.91. The van der Waals surface area contributed by atoms with Gasteiger partial charge in [-0.25, -0.2) is 0 Å². The molecule has 2 aromatic rings. The third-order valence-corrected chi connectivity index (χ3v) is 4.15. The van der Waals surface area contributed by atoms with Crippen LogP contribution >= 0.6 is 0 Å². The van der Waals surface area contributed by atoms with Gasteiger partial charge in [-0.1, -0.05) is 48.5 Å². The van der Waals surface area contributed by atoms with Crippen LogP contribution in [0, 0.1) is 5.92 Å². The number of carboxylic acids is 1. The van der Waals surface area contributed by atoms with E-state index in [1.165, 1.54) is 0 Å².